The van der Waals surface area contributed by atoms with E-state index in [1.807, 2.05) is 31.4 Å². The van der Waals surface area contributed by atoms with Gasteiger partial charge in [-0.25, -0.2) is 0 Å². The Hall–Kier alpha value is -2.87. The average molecular weight is 390 g/mol. The number of nitrogens with one attached hydrogen (secondary N) is 2. The maximum Gasteiger partial charge on any atom is 0.325 e. The quantitative estimate of drug-likeness (QED) is 0.641. The summed E-state index contributed by atoms with van der Waals surface area (Å²) in [5.74, 6) is -1.12. The van der Waals surface area contributed by atoms with Crippen molar-refractivity contribution in [2.45, 2.75) is 19.9 Å². The number of esters is 1. The lowest BCUT2D eigenvalue weighted by molar-refractivity contribution is -0.147. The Labute approximate surface area is 161 Å². The van der Waals surface area contributed by atoms with E-state index in [4.69, 9.17) is 9.47 Å². The number of carbonyl (C=O) groups excluding carboxylic acids is 3. The molecule has 2 rings (SSSR count). The Morgan fingerprint density at radius 1 is 1.15 bits per heavy atom. The summed E-state index contributed by atoms with van der Waals surface area (Å²) in [7, 11) is 0. The zero-order valence-electron chi connectivity index (χ0n) is 15.2. The Morgan fingerprint density at radius 2 is 1.93 bits per heavy atom. The van der Waals surface area contributed by atoms with Gasteiger partial charge >= 0.3 is 5.97 Å². The van der Waals surface area contributed by atoms with E-state index in [0.717, 1.165) is 4.88 Å². The normalized spacial score (nSPS) is 11.3. The van der Waals surface area contributed by atoms with Crippen molar-refractivity contribution in [1.29, 1.82) is 0 Å². The van der Waals surface area contributed by atoms with Gasteiger partial charge in [-0.2, -0.15) is 0 Å². The molecule has 1 heterocycles. The number of para-hydroxylation sites is 1. The van der Waals surface area contributed by atoms with Crippen molar-refractivity contribution in [3.63, 3.8) is 0 Å². The van der Waals surface area contributed by atoms with Gasteiger partial charge in [0.05, 0.1) is 18.2 Å². The summed E-state index contributed by atoms with van der Waals surface area (Å²) in [6.45, 7) is 3.34. The molecule has 2 amide bonds. The van der Waals surface area contributed by atoms with Gasteiger partial charge in [0, 0.05) is 4.88 Å². The first-order valence-electron chi connectivity index (χ1n) is 8.49. The lowest BCUT2D eigenvalue weighted by atomic mass is 10.2. The predicted octanol–water partition coefficient (Wildman–Crippen LogP) is 2.30. The van der Waals surface area contributed by atoms with Crippen molar-refractivity contribution < 1.29 is 23.9 Å². The van der Waals surface area contributed by atoms with Crippen LogP contribution in [0.4, 0.5) is 0 Å². The molecule has 0 aliphatic rings. The molecule has 7 nitrogen and oxygen atoms in total. The Balaban J connectivity index is 1.74. The zero-order chi connectivity index (χ0) is 19.6. The second-order valence-corrected chi connectivity index (χ2v) is 6.56. The van der Waals surface area contributed by atoms with E-state index in [1.165, 1.54) is 11.3 Å². The molecule has 144 valence electrons. The van der Waals surface area contributed by atoms with E-state index in [1.54, 1.807) is 24.3 Å². The maximum atomic E-state index is 12.2. The number of carbonyl (C=O) groups is 3. The highest BCUT2D eigenvalue weighted by molar-refractivity contribution is 7.10. The molecular formula is C19H22N2O5S. The van der Waals surface area contributed by atoms with Crippen LogP contribution in [0.3, 0.4) is 0 Å². The van der Waals surface area contributed by atoms with Gasteiger partial charge in [-0.15, -0.1) is 11.3 Å². The van der Waals surface area contributed by atoms with E-state index in [0.29, 0.717) is 17.9 Å². The van der Waals surface area contributed by atoms with Crippen molar-refractivity contribution in [3.8, 4) is 5.75 Å². The number of benzene rings is 1. The molecule has 0 spiro atoms. The van der Waals surface area contributed by atoms with Crippen molar-refractivity contribution in [2.24, 2.45) is 0 Å². The lowest BCUT2D eigenvalue weighted by Gasteiger charge is -2.13. The third-order valence-electron chi connectivity index (χ3n) is 3.54. The summed E-state index contributed by atoms with van der Waals surface area (Å²) >= 11 is 1.53. The highest BCUT2D eigenvalue weighted by Gasteiger charge is 2.15. The van der Waals surface area contributed by atoms with Gasteiger partial charge in [0.15, 0.2) is 6.61 Å². The second-order valence-electron chi connectivity index (χ2n) is 5.58. The van der Waals surface area contributed by atoms with Crippen LogP contribution < -0.4 is 15.4 Å². The first kappa shape index (κ1) is 20.4. The molecular weight excluding hydrogens is 368 g/mol. The minimum Gasteiger partial charge on any atom is -0.493 e. The summed E-state index contributed by atoms with van der Waals surface area (Å²) in [4.78, 5) is 36.8. The topological polar surface area (TPSA) is 93.7 Å². The summed E-state index contributed by atoms with van der Waals surface area (Å²) in [5, 5.41) is 7.12. The van der Waals surface area contributed by atoms with Gasteiger partial charge in [0.25, 0.3) is 11.8 Å². The predicted molar refractivity (Wildman–Crippen MR) is 102 cm³/mol. The minimum atomic E-state index is -0.698. The van der Waals surface area contributed by atoms with Gasteiger partial charge in [0.1, 0.15) is 12.3 Å². The van der Waals surface area contributed by atoms with E-state index in [9.17, 15) is 14.4 Å². The average Bonchev–Trinajstić information content (AvgIpc) is 3.20. The van der Waals surface area contributed by atoms with Gasteiger partial charge < -0.3 is 20.1 Å². The molecule has 0 unspecified atom stereocenters. The molecule has 8 heteroatoms. The largest absolute Gasteiger partial charge is 0.493 e. The number of ether oxygens (including phenoxy) is 2. The van der Waals surface area contributed by atoms with Crippen LogP contribution in [-0.2, 0) is 14.3 Å². The van der Waals surface area contributed by atoms with Crippen molar-refractivity contribution in [1.82, 2.24) is 10.6 Å². The van der Waals surface area contributed by atoms with Crippen molar-refractivity contribution in [2.75, 3.05) is 19.8 Å². The zero-order valence-corrected chi connectivity index (χ0v) is 16.0. The molecule has 0 radical (unpaired) electrons. The smallest absolute Gasteiger partial charge is 0.325 e. The molecule has 0 saturated heterocycles. The van der Waals surface area contributed by atoms with E-state index in [-0.39, 0.29) is 12.6 Å². The van der Waals surface area contributed by atoms with E-state index in [2.05, 4.69) is 10.6 Å². The van der Waals surface area contributed by atoms with Crippen LogP contribution in [0.2, 0.25) is 0 Å². The second kappa shape index (κ2) is 10.3. The van der Waals surface area contributed by atoms with Gasteiger partial charge in [-0.3, -0.25) is 14.4 Å². The van der Waals surface area contributed by atoms with Gasteiger partial charge in [-0.1, -0.05) is 18.2 Å². The van der Waals surface area contributed by atoms with E-state index < -0.39 is 24.4 Å². The maximum absolute atomic E-state index is 12.2. The van der Waals surface area contributed by atoms with Gasteiger partial charge in [-0.05, 0) is 37.4 Å². The number of hydrogen-bond donors (Lipinski definition) is 2. The fourth-order valence-electron chi connectivity index (χ4n) is 2.27. The minimum absolute atomic E-state index is 0.161. The Bertz CT molecular complexity index is 776. The molecule has 0 saturated carbocycles. The SMILES string of the molecule is CCOc1ccccc1C(=O)NCC(=O)OCC(=O)N[C@@H](C)c1cccs1. The molecule has 0 aliphatic carbocycles. The number of hydrogen-bond acceptors (Lipinski definition) is 6. The number of thiophene rings is 1. The monoisotopic (exact) mass is 390 g/mol. The van der Waals surface area contributed by atoms with Crippen LogP contribution in [0.1, 0.15) is 35.1 Å². The van der Waals surface area contributed by atoms with Crippen LogP contribution in [0.5, 0.6) is 5.75 Å². The highest BCUT2D eigenvalue weighted by atomic mass is 32.1. The lowest BCUT2D eigenvalue weighted by Crippen LogP contribution is -2.34. The van der Waals surface area contributed by atoms with E-state index >= 15 is 0 Å². The van der Waals surface area contributed by atoms with Crippen LogP contribution in [0.15, 0.2) is 41.8 Å². The van der Waals surface area contributed by atoms with Crippen LogP contribution in [0.25, 0.3) is 0 Å². The summed E-state index contributed by atoms with van der Waals surface area (Å²) in [5.41, 5.74) is 0.328. The van der Waals surface area contributed by atoms with Crippen LogP contribution in [-0.4, -0.2) is 37.5 Å². The summed E-state index contributed by atoms with van der Waals surface area (Å²) < 4.78 is 10.3. The number of amides is 2. The fourth-order valence-corrected chi connectivity index (χ4v) is 3.01. The summed E-state index contributed by atoms with van der Waals surface area (Å²) in [6, 6.07) is 10.4. The van der Waals surface area contributed by atoms with Crippen LogP contribution >= 0.6 is 11.3 Å². The molecule has 1 atom stereocenters. The summed E-state index contributed by atoms with van der Waals surface area (Å²) in [6.07, 6.45) is 0. The molecule has 0 fully saturated rings. The van der Waals surface area contributed by atoms with Crippen LogP contribution in [0, 0.1) is 0 Å². The molecule has 2 N–H and O–H groups in total. The van der Waals surface area contributed by atoms with Gasteiger partial charge in [0.2, 0.25) is 0 Å². The first-order chi connectivity index (χ1) is 13.0. The molecule has 0 aliphatic heterocycles. The third-order valence-corrected chi connectivity index (χ3v) is 4.59. The molecule has 27 heavy (non-hydrogen) atoms. The molecule has 2 aromatic rings. The Morgan fingerprint density at radius 3 is 2.63 bits per heavy atom. The first-order valence-corrected chi connectivity index (χ1v) is 9.37. The molecule has 1 aromatic carbocycles. The number of rotatable bonds is 9. The molecule has 0 bridgehead atoms. The Kier molecular flexibility index (Phi) is 7.81. The fraction of sp³-hybridized carbons (Fsp3) is 0.316. The molecule has 1 aromatic heterocycles. The highest BCUT2D eigenvalue weighted by Crippen LogP contribution is 2.18. The third kappa shape index (κ3) is 6.41. The van der Waals surface area contributed by atoms with Crippen molar-refractivity contribution in [3.05, 3.63) is 52.2 Å². The van der Waals surface area contributed by atoms with Crippen molar-refractivity contribution >= 4 is 29.1 Å². The standard InChI is InChI=1S/C19H22N2O5S/c1-3-25-15-8-5-4-7-14(15)19(24)20-11-18(23)26-12-17(22)21-13(2)16-9-6-10-27-16/h4-10,13H,3,11-12H2,1-2H3,(H,20,24)(H,21,22)/t13-/m0/s1.